The lowest BCUT2D eigenvalue weighted by Gasteiger charge is -2.08. The molecule has 0 fully saturated rings. The zero-order chi connectivity index (χ0) is 9.97. The molecule has 4 nitrogen and oxygen atoms in total. The van der Waals surface area contributed by atoms with E-state index in [1.165, 1.54) is 12.8 Å². The Labute approximate surface area is 83.4 Å². The molecule has 0 amide bonds. The average molecular weight is 190 g/mol. The third-order valence-corrected chi connectivity index (χ3v) is 2.32. The summed E-state index contributed by atoms with van der Waals surface area (Å²) in [5, 5.41) is 0. The molecule has 4 heteroatoms. The van der Waals surface area contributed by atoms with E-state index in [-0.39, 0.29) is 0 Å². The maximum atomic E-state index is 4.46. The van der Waals surface area contributed by atoms with E-state index in [4.69, 9.17) is 0 Å². The van der Waals surface area contributed by atoms with Gasteiger partial charge in [-0.2, -0.15) is 0 Å². The number of rotatable bonds is 3. The fraction of sp³-hybridized carbons (Fsp3) is 0.500. The first-order valence-corrected chi connectivity index (χ1v) is 4.94. The second kappa shape index (κ2) is 3.74. The normalized spacial score (nSPS) is 11.0. The monoisotopic (exact) mass is 190 g/mol. The van der Waals surface area contributed by atoms with Crippen LogP contribution in [0.2, 0.25) is 0 Å². The molecule has 0 aromatic rings. The van der Waals surface area contributed by atoms with E-state index in [0.29, 0.717) is 0 Å². The van der Waals surface area contributed by atoms with Gasteiger partial charge in [-0.25, -0.2) is 15.0 Å². The van der Waals surface area contributed by atoms with Gasteiger partial charge >= 0.3 is 0 Å². The molecule has 2 rings (SSSR count). The molecule has 74 valence electrons. The van der Waals surface area contributed by atoms with E-state index in [9.17, 15) is 0 Å². The number of imidazole rings is 1. The molecule has 2 heterocycles. The summed E-state index contributed by atoms with van der Waals surface area (Å²) >= 11 is 0. The summed E-state index contributed by atoms with van der Waals surface area (Å²) in [6.45, 7) is 2.18. The lowest BCUT2D eigenvalue weighted by atomic mass is 10.2. The predicted molar refractivity (Wildman–Crippen MR) is 54.0 cm³/mol. The Hall–Kier alpha value is -1.45. The van der Waals surface area contributed by atoms with Crippen LogP contribution in [0.15, 0.2) is 12.5 Å². The van der Waals surface area contributed by atoms with E-state index in [0.717, 1.165) is 23.8 Å². The van der Waals surface area contributed by atoms with Crippen LogP contribution < -0.4 is 0 Å². The van der Waals surface area contributed by atoms with Crippen LogP contribution >= 0.6 is 0 Å². The summed E-state index contributed by atoms with van der Waals surface area (Å²) in [5.41, 5.74) is 0.868. The van der Waals surface area contributed by atoms with Crippen LogP contribution in [0.25, 0.3) is 11.5 Å². The summed E-state index contributed by atoms with van der Waals surface area (Å²) in [6, 6.07) is 0. The molecule has 0 spiro atoms. The zero-order valence-electron chi connectivity index (χ0n) is 8.56. The van der Waals surface area contributed by atoms with Crippen LogP contribution in [-0.4, -0.2) is 19.5 Å². The molecular formula is C10H14N4. The Balaban J connectivity index is 2.35. The van der Waals surface area contributed by atoms with Crippen LogP contribution in [-0.2, 0) is 13.5 Å². The van der Waals surface area contributed by atoms with E-state index in [1.54, 1.807) is 6.33 Å². The third-order valence-electron chi connectivity index (χ3n) is 2.32. The molecule has 0 aromatic carbocycles. The van der Waals surface area contributed by atoms with Gasteiger partial charge in [-0.3, -0.25) is 0 Å². The zero-order valence-corrected chi connectivity index (χ0v) is 8.56. The van der Waals surface area contributed by atoms with Gasteiger partial charge in [0.05, 0.1) is 0 Å². The minimum atomic E-state index is 0.759. The molecule has 14 heavy (non-hydrogen) atoms. The van der Waals surface area contributed by atoms with Gasteiger partial charge in [0.2, 0.25) is 0 Å². The van der Waals surface area contributed by atoms with E-state index in [2.05, 4.69) is 21.9 Å². The largest absolute Gasteiger partial charge is 0.337 e. The smallest absolute Gasteiger partial charge is 0.182 e. The van der Waals surface area contributed by atoms with Crippen molar-refractivity contribution in [2.24, 2.45) is 7.05 Å². The van der Waals surface area contributed by atoms with Gasteiger partial charge < -0.3 is 4.57 Å². The number of aromatic nitrogens is 4. The fourth-order valence-electron chi connectivity index (χ4n) is 1.47. The van der Waals surface area contributed by atoms with Crippen LogP contribution in [0.3, 0.4) is 0 Å². The Bertz CT molecular complexity index is 393. The van der Waals surface area contributed by atoms with Crippen LogP contribution in [0.5, 0.6) is 0 Å². The predicted octanol–water partition coefficient (Wildman–Crippen LogP) is 1.66. The van der Waals surface area contributed by atoms with Crippen molar-refractivity contribution in [3.8, 4) is 11.5 Å². The topological polar surface area (TPSA) is 43.6 Å². The van der Waals surface area contributed by atoms with Crippen LogP contribution in [0.1, 0.15) is 25.6 Å². The van der Waals surface area contributed by atoms with Gasteiger partial charge in [0.25, 0.3) is 0 Å². The molecule has 0 aliphatic carbocycles. The molecule has 0 atom stereocenters. The van der Waals surface area contributed by atoms with Gasteiger partial charge in [-0.05, 0) is 6.42 Å². The number of hydrogen-bond acceptors (Lipinski definition) is 3. The standard InChI is InChI=1S/C10H14N4/c1-3-4-5-9-13-10-8(6-14(9)2)11-7-12-10/h6-7H,3-5H2,1-2H3. The van der Waals surface area contributed by atoms with Gasteiger partial charge in [-0.1, -0.05) is 13.3 Å². The quantitative estimate of drug-likeness (QED) is 0.739. The lowest BCUT2D eigenvalue weighted by Crippen LogP contribution is -2.06. The molecule has 2 aliphatic rings. The van der Waals surface area contributed by atoms with Crippen molar-refractivity contribution in [2.45, 2.75) is 26.2 Å². The molecule has 2 aliphatic heterocycles. The minimum absolute atomic E-state index is 0.759. The van der Waals surface area contributed by atoms with Crippen LogP contribution in [0.4, 0.5) is 0 Å². The number of hydrogen-bond donors (Lipinski definition) is 0. The first-order chi connectivity index (χ1) is 6.81. The first kappa shape index (κ1) is 9.12. The van der Waals surface area contributed by atoms with Gasteiger partial charge in [0, 0.05) is 19.7 Å². The van der Waals surface area contributed by atoms with Gasteiger partial charge in [0.15, 0.2) is 5.82 Å². The Kier molecular flexibility index (Phi) is 2.43. The maximum Gasteiger partial charge on any atom is 0.182 e. The second-order valence-electron chi connectivity index (χ2n) is 3.45. The SMILES string of the molecule is CCCCc1nc2ncnc-2cn1C. The van der Waals surface area contributed by atoms with Crippen molar-refractivity contribution < 1.29 is 0 Å². The number of nitrogens with zero attached hydrogens (tertiary/aromatic N) is 4. The maximum absolute atomic E-state index is 4.46. The fourth-order valence-corrected chi connectivity index (χ4v) is 1.47. The lowest BCUT2D eigenvalue weighted by molar-refractivity contribution is 0.688. The van der Waals surface area contributed by atoms with Crippen molar-refractivity contribution in [1.29, 1.82) is 0 Å². The molecule has 0 N–H and O–H groups in total. The third kappa shape index (κ3) is 1.60. The summed E-state index contributed by atoms with van der Waals surface area (Å²) in [6.07, 6.45) is 6.91. The van der Waals surface area contributed by atoms with Gasteiger partial charge in [-0.15, -0.1) is 0 Å². The summed E-state index contributed by atoms with van der Waals surface area (Å²) in [5.74, 6) is 1.84. The van der Waals surface area contributed by atoms with Crippen molar-refractivity contribution in [1.82, 2.24) is 19.5 Å². The molecule has 0 radical (unpaired) electrons. The van der Waals surface area contributed by atoms with Crippen LogP contribution in [0, 0.1) is 0 Å². The van der Waals surface area contributed by atoms with E-state index < -0.39 is 0 Å². The highest BCUT2D eigenvalue weighted by molar-refractivity contribution is 5.48. The highest BCUT2D eigenvalue weighted by Gasteiger charge is 2.09. The van der Waals surface area contributed by atoms with Crippen molar-refractivity contribution in [2.75, 3.05) is 0 Å². The number of unbranched alkanes of at least 4 members (excludes halogenated alkanes) is 1. The molecule has 0 unspecified atom stereocenters. The minimum Gasteiger partial charge on any atom is -0.337 e. The Morgan fingerprint density at radius 3 is 3.00 bits per heavy atom. The first-order valence-electron chi connectivity index (χ1n) is 4.94. The average Bonchev–Trinajstić information content (AvgIpc) is 2.61. The molecule has 0 bridgehead atoms. The van der Waals surface area contributed by atoms with Crippen molar-refractivity contribution in [3.63, 3.8) is 0 Å². The van der Waals surface area contributed by atoms with Crippen molar-refractivity contribution in [3.05, 3.63) is 18.3 Å². The van der Waals surface area contributed by atoms with E-state index in [1.807, 2.05) is 17.8 Å². The second-order valence-corrected chi connectivity index (χ2v) is 3.45. The van der Waals surface area contributed by atoms with Crippen molar-refractivity contribution >= 4 is 0 Å². The summed E-state index contributed by atoms with van der Waals surface area (Å²) < 4.78 is 2.03. The number of fused-ring (bicyclic) bond motifs is 1. The molecule has 0 saturated carbocycles. The summed E-state index contributed by atoms with van der Waals surface area (Å²) in [7, 11) is 2.01. The Morgan fingerprint density at radius 1 is 1.36 bits per heavy atom. The van der Waals surface area contributed by atoms with E-state index >= 15 is 0 Å². The number of aryl methyl sites for hydroxylation is 2. The molecular weight excluding hydrogens is 176 g/mol. The summed E-state index contributed by atoms with van der Waals surface area (Å²) in [4.78, 5) is 12.7. The Morgan fingerprint density at radius 2 is 2.21 bits per heavy atom. The highest BCUT2D eigenvalue weighted by atomic mass is 15.1. The molecule has 0 aromatic heterocycles. The van der Waals surface area contributed by atoms with Gasteiger partial charge in [0.1, 0.15) is 17.8 Å². The highest BCUT2D eigenvalue weighted by Crippen LogP contribution is 2.14. The molecule has 0 saturated heterocycles.